The third-order valence-electron chi connectivity index (χ3n) is 2.04. The number of hydrogen-bond acceptors (Lipinski definition) is 2. The SMILES string of the molecule is OC(CBr)C(O)c1ccccc1CCl. The van der Waals surface area contributed by atoms with Gasteiger partial charge in [-0.1, -0.05) is 40.2 Å². The van der Waals surface area contributed by atoms with E-state index in [1.807, 2.05) is 18.2 Å². The van der Waals surface area contributed by atoms with Gasteiger partial charge in [0.1, 0.15) is 6.10 Å². The molecule has 1 aromatic rings. The van der Waals surface area contributed by atoms with Gasteiger partial charge in [0.05, 0.1) is 6.10 Å². The van der Waals surface area contributed by atoms with Crippen molar-refractivity contribution in [2.45, 2.75) is 18.1 Å². The summed E-state index contributed by atoms with van der Waals surface area (Å²) < 4.78 is 0. The third-order valence-corrected chi connectivity index (χ3v) is 2.99. The zero-order valence-corrected chi connectivity index (χ0v) is 9.87. The zero-order chi connectivity index (χ0) is 10.6. The first kappa shape index (κ1) is 12.0. The van der Waals surface area contributed by atoms with E-state index in [-0.39, 0.29) is 0 Å². The second kappa shape index (κ2) is 5.71. The average molecular weight is 280 g/mol. The van der Waals surface area contributed by atoms with E-state index in [0.29, 0.717) is 16.8 Å². The molecule has 0 heterocycles. The first-order valence-corrected chi connectivity index (χ1v) is 5.92. The maximum absolute atomic E-state index is 9.76. The van der Waals surface area contributed by atoms with Crippen LogP contribution < -0.4 is 0 Å². The van der Waals surface area contributed by atoms with Crippen LogP contribution in [0.2, 0.25) is 0 Å². The van der Waals surface area contributed by atoms with Crippen LogP contribution in [0.25, 0.3) is 0 Å². The van der Waals surface area contributed by atoms with Crippen LogP contribution in [0.4, 0.5) is 0 Å². The molecule has 0 aliphatic rings. The van der Waals surface area contributed by atoms with Gasteiger partial charge in [0.25, 0.3) is 0 Å². The minimum absolute atomic E-state index is 0.336. The second-order valence-corrected chi connectivity index (χ2v) is 3.91. The van der Waals surface area contributed by atoms with E-state index in [9.17, 15) is 10.2 Å². The van der Waals surface area contributed by atoms with E-state index in [0.717, 1.165) is 5.56 Å². The van der Waals surface area contributed by atoms with Crippen molar-refractivity contribution in [3.05, 3.63) is 35.4 Å². The Kier molecular flexibility index (Phi) is 4.89. The first-order valence-electron chi connectivity index (χ1n) is 4.26. The molecule has 0 aliphatic carbocycles. The van der Waals surface area contributed by atoms with Crippen molar-refractivity contribution in [1.29, 1.82) is 0 Å². The summed E-state index contributed by atoms with van der Waals surface area (Å²) >= 11 is 8.84. The molecule has 0 aromatic heterocycles. The molecule has 2 N–H and O–H groups in total. The molecule has 0 radical (unpaired) electrons. The van der Waals surface area contributed by atoms with Gasteiger partial charge in [-0.25, -0.2) is 0 Å². The molecule has 2 unspecified atom stereocenters. The maximum atomic E-state index is 9.76. The molecule has 0 saturated heterocycles. The van der Waals surface area contributed by atoms with Crippen molar-refractivity contribution >= 4 is 27.5 Å². The number of hydrogen-bond donors (Lipinski definition) is 2. The van der Waals surface area contributed by atoms with Gasteiger partial charge in [0, 0.05) is 11.2 Å². The number of rotatable bonds is 4. The van der Waals surface area contributed by atoms with Gasteiger partial charge < -0.3 is 10.2 Å². The Morgan fingerprint density at radius 2 is 1.93 bits per heavy atom. The van der Waals surface area contributed by atoms with Gasteiger partial charge in [-0.15, -0.1) is 11.6 Å². The molecule has 4 heteroatoms. The topological polar surface area (TPSA) is 40.5 Å². The Bertz CT molecular complexity index is 293. The quantitative estimate of drug-likeness (QED) is 0.830. The molecule has 0 spiro atoms. The largest absolute Gasteiger partial charge is 0.389 e. The molecular weight excluding hydrogens is 267 g/mol. The van der Waals surface area contributed by atoms with E-state index < -0.39 is 12.2 Å². The normalized spacial score (nSPS) is 15.1. The maximum Gasteiger partial charge on any atom is 0.106 e. The van der Waals surface area contributed by atoms with Gasteiger partial charge in [0.15, 0.2) is 0 Å². The summed E-state index contributed by atoms with van der Waals surface area (Å²) in [6.07, 6.45) is -1.69. The summed E-state index contributed by atoms with van der Waals surface area (Å²) in [7, 11) is 0. The summed E-state index contributed by atoms with van der Waals surface area (Å²) in [5, 5.41) is 19.6. The lowest BCUT2D eigenvalue weighted by atomic mass is 10.0. The standard InChI is InChI=1S/C10H12BrClO2/c11-5-9(13)10(14)8-4-2-1-3-7(8)6-12/h1-4,9-10,13-14H,5-6H2. The minimum Gasteiger partial charge on any atom is -0.389 e. The molecule has 0 aliphatic heterocycles. The molecule has 78 valence electrons. The highest BCUT2D eigenvalue weighted by atomic mass is 79.9. The zero-order valence-electron chi connectivity index (χ0n) is 7.53. The Hall–Kier alpha value is -0.0900. The van der Waals surface area contributed by atoms with Crippen LogP contribution in [0.5, 0.6) is 0 Å². The van der Waals surface area contributed by atoms with Crippen molar-refractivity contribution in [2.24, 2.45) is 0 Å². The molecular formula is C10H12BrClO2. The first-order chi connectivity index (χ1) is 6.70. The number of aliphatic hydroxyl groups excluding tert-OH is 2. The van der Waals surface area contributed by atoms with Gasteiger partial charge in [0.2, 0.25) is 0 Å². The fourth-order valence-corrected chi connectivity index (χ4v) is 1.83. The molecule has 0 saturated carbocycles. The van der Waals surface area contributed by atoms with Crippen LogP contribution in [-0.4, -0.2) is 21.6 Å². The minimum atomic E-state index is -0.885. The summed E-state index contributed by atoms with van der Waals surface area (Å²) in [5.41, 5.74) is 1.54. The van der Waals surface area contributed by atoms with Gasteiger partial charge in [-0.3, -0.25) is 0 Å². The van der Waals surface area contributed by atoms with E-state index in [1.165, 1.54) is 0 Å². The van der Waals surface area contributed by atoms with E-state index >= 15 is 0 Å². The van der Waals surface area contributed by atoms with Crippen LogP contribution >= 0.6 is 27.5 Å². The highest BCUT2D eigenvalue weighted by Crippen LogP contribution is 2.23. The average Bonchev–Trinajstić information content (AvgIpc) is 2.26. The molecule has 1 aromatic carbocycles. The molecule has 0 fully saturated rings. The fraction of sp³-hybridized carbons (Fsp3) is 0.400. The van der Waals surface area contributed by atoms with E-state index in [4.69, 9.17) is 11.6 Å². The van der Waals surface area contributed by atoms with Gasteiger partial charge in [-0.05, 0) is 11.1 Å². The smallest absolute Gasteiger partial charge is 0.106 e. The van der Waals surface area contributed by atoms with Gasteiger partial charge >= 0.3 is 0 Å². The Morgan fingerprint density at radius 1 is 1.29 bits per heavy atom. The van der Waals surface area contributed by atoms with Crippen LogP contribution in [0.15, 0.2) is 24.3 Å². The van der Waals surface area contributed by atoms with Crippen molar-refractivity contribution in [3.63, 3.8) is 0 Å². The molecule has 1 rings (SSSR count). The number of benzene rings is 1. The highest BCUT2D eigenvalue weighted by Gasteiger charge is 2.19. The summed E-state index contributed by atoms with van der Waals surface area (Å²) in [5.74, 6) is 0.336. The lowest BCUT2D eigenvalue weighted by Crippen LogP contribution is -2.20. The molecule has 0 amide bonds. The molecule has 0 bridgehead atoms. The predicted molar refractivity (Wildman–Crippen MR) is 60.8 cm³/mol. The van der Waals surface area contributed by atoms with Crippen LogP contribution in [0, 0.1) is 0 Å². The fourth-order valence-electron chi connectivity index (χ4n) is 1.24. The van der Waals surface area contributed by atoms with E-state index in [2.05, 4.69) is 15.9 Å². The summed E-state index contributed by atoms with van der Waals surface area (Å²) in [4.78, 5) is 0. The van der Waals surface area contributed by atoms with Crippen LogP contribution in [0.1, 0.15) is 17.2 Å². The number of halogens is 2. The summed E-state index contributed by atoms with van der Waals surface area (Å²) in [6.45, 7) is 0. The highest BCUT2D eigenvalue weighted by molar-refractivity contribution is 9.09. The van der Waals surface area contributed by atoms with Crippen molar-refractivity contribution in [2.75, 3.05) is 5.33 Å². The van der Waals surface area contributed by atoms with Crippen LogP contribution in [-0.2, 0) is 5.88 Å². The second-order valence-electron chi connectivity index (χ2n) is 3.00. The van der Waals surface area contributed by atoms with Gasteiger partial charge in [-0.2, -0.15) is 0 Å². The Labute approximate surface area is 96.7 Å². The third kappa shape index (κ3) is 2.70. The van der Waals surface area contributed by atoms with E-state index in [1.54, 1.807) is 6.07 Å². The Morgan fingerprint density at radius 3 is 2.50 bits per heavy atom. The lowest BCUT2D eigenvalue weighted by molar-refractivity contribution is 0.0338. The summed E-state index contributed by atoms with van der Waals surface area (Å²) in [6, 6.07) is 7.28. The molecule has 14 heavy (non-hydrogen) atoms. The van der Waals surface area contributed by atoms with Crippen molar-refractivity contribution in [1.82, 2.24) is 0 Å². The van der Waals surface area contributed by atoms with Crippen molar-refractivity contribution < 1.29 is 10.2 Å². The van der Waals surface area contributed by atoms with Crippen LogP contribution in [0.3, 0.4) is 0 Å². The number of alkyl halides is 2. The molecule has 2 atom stereocenters. The molecule has 2 nitrogen and oxygen atoms in total. The Balaban J connectivity index is 2.93. The number of aliphatic hydroxyl groups is 2. The predicted octanol–water partition coefficient (Wildman–Crippen LogP) is 2.21. The lowest BCUT2D eigenvalue weighted by Gasteiger charge is -2.18. The monoisotopic (exact) mass is 278 g/mol. The van der Waals surface area contributed by atoms with Crippen molar-refractivity contribution in [3.8, 4) is 0 Å².